The smallest absolute Gasteiger partial charge is 0.254 e. The van der Waals surface area contributed by atoms with Crippen LogP contribution in [0.2, 0.25) is 0 Å². The maximum absolute atomic E-state index is 12.4. The number of carbonyl (C=O) groups excluding carboxylic acids is 2. The Bertz CT molecular complexity index is 792. The number of hydrogen-bond acceptors (Lipinski definition) is 4. The Labute approximate surface area is 153 Å². The van der Waals surface area contributed by atoms with Gasteiger partial charge in [-0.05, 0) is 25.3 Å². The van der Waals surface area contributed by atoms with Gasteiger partial charge in [0.25, 0.3) is 5.91 Å². The quantitative estimate of drug-likeness (QED) is 0.917. The Balaban J connectivity index is 1.67. The van der Waals surface area contributed by atoms with E-state index in [1.54, 1.807) is 13.1 Å². The van der Waals surface area contributed by atoms with E-state index in [4.69, 9.17) is 0 Å². The maximum Gasteiger partial charge on any atom is 0.254 e. The third-order valence-electron chi connectivity index (χ3n) is 4.77. The minimum atomic E-state index is -0.174. The van der Waals surface area contributed by atoms with Gasteiger partial charge in [-0.2, -0.15) is 0 Å². The molecule has 2 amide bonds. The van der Waals surface area contributed by atoms with Crippen molar-refractivity contribution >= 4 is 11.8 Å². The minimum Gasteiger partial charge on any atom is -0.348 e. The molecular weight excluding hydrogens is 328 g/mol. The molecule has 136 valence electrons. The van der Waals surface area contributed by atoms with E-state index in [0.29, 0.717) is 30.2 Å². The van der Waals surface area contributed by atoms with Crippen LogP contribution in [0.5, 0.6) is 0 Å². The topological polar surface area (TPSA) is 75.2 Å². The van der Waals surface area contributed by atoms with E-state index in [1.165, 1.54) is 0 Å². The monoisotopic (exact) mass is 352 g/mol. The van der Waals surface area contributed by atoms with E-state index in [0.717, 1.165) is 24.9 Å². The number of carbonyl (C=O) groups is 2. The molecule has 1 saturated heterocycles. The summed E-state index contributed by atoms with van der Waals surface area (Å²) in [6, 6.07) is 9.77. The molecule has 6 nitrogen and oxygen atoms in total. The number of rotatable bonds is 4. The van der Waals surface area contributed by atoms with E-state index in [-0.39, 0.29) is 17.7 Å². The van der Waals surface area contributed by atoms with Crippen LogP contribution >= 0.6 is 0 Å². The summed E-state index contributed by atoms with van der Waals surface area (Å²) in [5, 5.41) is 2.91. The molecule has 2 heterocycles. The lowest BCUT2D eigenvalue weighted by atomic mass is 9.97. The number of piperidine rings is 1. The molecule has 6 heteroatoms. The van der Waals surface area contributed by atoms with Gasteiger partial charge in [0.15, 0.2) is 0 Å². The second kappa shape index (κ2) is 8.08. The van der Waals surface area contributed by atoms with Crippen LogP contribution in [0.1, 0.15) is 53.1 Å². The number of aryl methyl sites for hydroxylation is 1. The highest BCUT2D eigenvalue weighted by atomic mass is 16.2. The Morgan fingerprint density at radius 3 is 2.73 bits per heavy atom. The zero-order valence-corrected chi connectivity index (χ0v) is 15.2. The van der Waals surface area contributed by atoms with E-state index < -0.39 is 0 Å². The summed E-state index contributed by atoms with van der Waals surface area (Å²) in [5.74, 6) is 0.760. The van der Waals surface area contributed by atoms with Crippen LogP contribution in [0.3, 0.4) is 0 Å². The van der Waals surface area contributed by atoms with Crippen molar-refractivity contribution in [1.29, 1.82) is 0 Å². The van der Waals surface area contributed by atoms with Gasteiger partial charge in [-0.3, -0.25) is 9.59 Å². The van der Waals surface area contributed by atoms with Gasteiger partial charge in [-0.1, -0.05) is 30.3 Å². The molecule has 1 aliphatic heterocycles. The van der Waals surface area contributed by atoms with Crippen LogP contribution in [0.4, 0.5) is 0 Å². The fraction of sp³-hybridized carbons (Fsp3) is 0.400. The Kier molecular flexibility index (Phi) is 5.61. The lowest BCUT2D eigenvalue weighted by molar-refractivity contribution is -0.130. The summed E-state index contributed by atoms with van der Waals surface area (Å²) in [7, 11) is 0. The number of hydrogen-bond donors (Lipinski definition) is 1. The number of aromatic nitrogens is 2. The third-order valence-corrected chi connectivity index (χ3v) is 4.77. The van der Waals surface area contributed by atoms with Crippen LogP contribution in [0, 0.1) is 6.92 Å². The molecule has 1 aromatic heterocycles. The van der Waals surface area contributed by atoms with Gasteiger partial charge >= 0.3 is 0 Å². The molecule has 3 rings (SSSR count). The molecule has 1 atom stereocenters. The van der Waals surface area contributed by atoms with E-state index in [2.05, 4.69) is 15.3 Å². The van der Waals surface area contributed by atoms with Gasteiger partial charge in [0.2, 0.25) is 5.91 Å². The van der Waals surface area contributed by atoms with Gasteiger partial charge in [0, 0.05) is 38.7 Å². The first-order valence-corrected chi connectivity index (χ1v) is 8.95. The molecule has 1 aromatic carbocycles. The maximum atomic E-state index is 12.4. The molecule has 0 spiro atoms. The summed E-state index contributed by atoms with van der Waals surface area (Å²) in [5.41, 5.74) is 2.20. The molecule has 1 fully saturated rings. The van der Waals surface area contributed by atoms with E-state index >= 15 is 0 Å². The van der Waals surface area contributed by atoms with Gasteiger partial charge in [-0.25, -0.2) is 9.97 Å². The second-order valence-electron chi connectivity index (χ2n) is 6.70. The first kappa shape index (κ1) is 18.0. The van der Waals surface area contributed by atoms with Gasteiger partial charge in [0.1, 0.15) is 5.82 Å². The highest BCUT2D eigenvalue weighted by Crippen LogP contribution is 2.25. The van der Waals surface area contributed by atoms with E-state index in [9.17, 15) is 9.59 Å². The van der Waals surface area contributed by atoms with Gasteiger partial charge in [-0.15, -0.1) is 0 Å². The molecule has 2 aromatic rings. The van der Waals surface area contributed by atoms with Crippen LogP contribution in [-0.2, 0) is 11.3 Å². The minimum absolute atomic E-state index is 0.0864. The molecule has 0 radical (unpaired) electrons. The number of amides is 2. The predicted octanol–water partition coefficient (Wildman–Crippen LogP) is 2.44. The number of benzene rings is 1. The van der Waals surface area contributed by atoms with Crippen molar-refractivity contribution < 1.29 is 9.59 Å². The van der Waals surface area contributed by atoms with Crippen molar-refractivity contribution in [2.24, 2.45) is 0 Å². The van der Waals surface area contributed by atoms with Gasteiger partial charge < -0.3 is 10.2 Å². The highest BCUT2D eigenvalue weighted by molar-refractivity contribution is 5.94. The lowest BCUT2D eigenvalue weighted by Crippen LogP contribution is -2.38. The molecule has 0 saturated carbocycles. The van der Waals surface area contributed by atoms with Crippen molar-refractivity contribution in [1.82, 2.24) is 20.2 Å². The normalized spacial score (nSPS) is 17.0. The fourth-order valence-electron chi connectivity index (χ4n) is 3.25. The van der Waals surface area contributed by atoms with Crippen LogP contribution in [0.25, 0.3) is 0 Å². The number of nitrogens with one attached hydrogen (secondary N) is 1. The molecule has 1 aliphatic rings. The molecule has 1 N–H and O–H groups in total. The Hall–Kier alpha value is -2.76. The van der Waals surface area contributed by atoms with Crippen molar-refractivity contribution in [3.05, 3.63) is 59.2 Å². The zero-order valence-electron chi connectivity index (χ0n) is 15.2. The Morgan fingerprint density at radius 2 is 2.04 bits per heavy atom. The molecule has 1 unspecified atom stereocenters. The summed E-state index contributed by atoms with van der Waals surface area (Å²) in [4.78, 5) is 34.9. The van der Waals surface area contributed by atoms with E-state index in [1.807, 2.05) is 42.2 Å². The highest BCUT2D eigenvalue weighted by Gasteiger charge is 2.25. The second-order valence-corrected chi connectivity index (χ2v) is 6.70. The summed E-state index contributed by atoms with van der Waals surface area (Å²) < 4.78 is 0. The third kappa shape index (κ3) is 4.25. The zero-order chi connectivity index (χ0) is 18.5. The van der Waals surface area contributed by atoms with Crippen LogP contribution in [-0.4, -0.2) is 39.8 Å². The first-order chi connectivity index (χ1) is 12.5. The molecular formula is C20H24N4O2. The van der Waals surface area contributed by atoms with Crippen LogP contribution in [0.15, 0.2) is 36.5 Å². The summed E-state index contributed by atoms with van der Waals surface area (Å²) in [6.07, 6.45) is 3.51. The lowest BCUT2D eigenvalue weighted by Gasteiger charge is -2.31. The fourth-order valence-corrected chi connectivity index (χ4v) is 3.25. The molecule has 26 heavy (non-hydrogen) atoms. The SMILES string of the molecule is CC(=O)N1CCCC(c2ncc(C(=O)NCc3ccccc3)c(C)n2)C1. The van der Waals surface area contributed by atoms with Crippen molar-refractivity contribution in [3.8, 4) is 0 Å². The Morgan fingerprint density at radius 1 is 1.27 bits per heavy atom. The average molecular weight is 352 g/mol. The van der Waals surface area contributed by atoms with Crippen molar-refractivity contribution in [2.75, 3.05) is 13.1 Å². The van der Waals surface area contributed by atoms with Crippen LogP contribution < -0.4 is 5.32 Å². The number of nitrogens with zero attached hydrogens (tertiary/aromatic N) is 3. The first-order valence-electron chi connectivity index (χ1n) is 8.95. The largest absolute Gasteiger partial charge is 0.348 e. The molecule has 0 bridgehead atoms. The standard InChI is InChI=1S/C20H24N4O2/c1-14-18(20(26)22-11-16-7-4-3-5-8-16)12-21-19(23-14)17-9-6-10-24(13-17)15(2)25/h3-5,7-8,12,17H,6,9-11,13H2,1-2H3,(H,22,26). The number of likely N-dealkylation sites (tertiary alicyclic amines) is 1. The summed E-state index contributed by atoms with van der Waals surface area (Å²) >= 11 is 0. The van der Waals surface area contributed by atoms with Crippen molar-refractivity contribution in [2.45, 2.75) is 39.2 Å². The van der Waals surface area contributed by atoms with Gasteiger partial charge in [0.05, 0.1) is 11.3 Å². The average Bonchev–Trinajstić information content (AvgIpc) is 2.67. The molecule has 0 aliphatic carbocycles. The predicted molar refractivity (Wildman–Crippen MR) is 98.6 cm³/mol. The summed E-state index contributed by atoms with van der Waals surface area (Å²) in [6.45, 7) is 5.33. The van der Waals surface area contributed by atoms with Crippen molar-refractivity contribution in [3.63, 3.8) is 0 Å².